The molecule has 0 amide bonds. The number of aromatic nitrogens is 1. The van der Waals surface area contributed by atoms with Gasteiger partial charge in [0.2, 0.25) is 0 Å². The molecule has 2 aromatic rings. The molecule has 0 spiro atoms. The van der Waals surface area contributed by atoms with E-state index < -0.39 is 0 Å². The number of aromatic amines is 1. The summed E-state index contributed by atoms with van der Waals surface area (Å²) in [7, 11) is 0. The fourth-order valence-electron chi connectivity index (χ4n) is 2.21. The summed E-state index contributed by atoms with van der Waals surface area (Å²) >= 11 is 0. The molecule has 0 fully saturated rings. The summed E-state index contributed by atoms with van der Waals surface area (Å²) in [5, 5.41) is 0. The second kappa shape index (κ2) is 6.94. The standard InChI is InChI=1S/C17H21NO2/c1-3-5-6-13-7-9-14(10-8-13)15-11-12-18-16(15)17(19)20-4-2/h7-12,18H,3-6H2,1-2H3. The van der Waals surface area contributed by atoms with E-state index in [0.29, 0.717) is 12.3 Å². The third-order valence-corrected chi connectivity index (χ3v) is 3.31. The first-order chi connectivity index (χ1) is 9.76. The van der Waals surface area contributed by atoms with E-state index in [1.165, 1.54) is 18.4 Å². The molecule has 20 heavy (non-hydrogen) atoms. The van der Waals surface area contributed by atoms with Gasteiger partial charge in [-0.1, -0.05) is 37.6 Å². The Morgan fingerprint density at radius 3 is 2.55 bits per heavy atom. The molecule has 2 rings (SSSR count). The topological polar surface area (TPSA) is 42.1 Å². The zero-order valence-electron chi connectivity index (χ0n) is 12.1. The van der Waals surface area contributed by atoms with Crippen molar-refractivity contribution in [3.63, 3.8) is 0 Å². The van der Waals surface area contributed by atoms with Crippen LogP contribution in [0.3, 0.4) is 0 Å². The Labute approximate surface area is 120 Å². The quantitative estimate of drug-likeness (QED) is 0.800. The number of rotatable bonds is 6. The van der Waals surface area contributed by atoms with Crippen LogP contribution in [0.5, 0.6) is 0 Å². The minimum absolute atomic E-state index is 0.303. The summed E-state index contributed by atoms with van der Waals surface area (Å²) < 4.78 is 5.06. The number of H-pyrrole nitrogens is 1. The van der Waals surface area contributed by atoms with Crippen LogP contribution < -0.4 is 0 Å². The maximum atomic E-state index is 11.9. The first-order valence-electron chi connectivity index (χ1n) is 7.20. The average molecular weight is 271 g/mol. The van der Waals surface area contributed by atoms with E-state index >= 15 is 0 Å². The first kappa shape index (κ1) is 14.4. The number of benzene rings is 1. The van der Waals surface area contributed by atoms with E-state index in [9.17, 15) is 4.79 Å². The van der Waals surface area contributed by atoms with Gasteiger partial charge >= 0.3 is 5.97 Å². The van der Waals surface area contributed by atoms with Crippen LogP contribution in [0, 0.1) is 0 Å². The van der Waals surface area contributed by atoms with Crippen molar-refractivity contribution in [2.75, 3.05) is 6.61 Å². The van der Waals surface area contributed by atoms with Gasteiger partial charge in [-0.3, -0.25) is 0 Å². The summed E-state index contributed by atoms with van der Waals surface area (Å²) in [6.45, 7) is 4.38. The molecule has 3 heteroatoms. The second-order valence-corrected chi connectivity index (χ2v) is 4.79. The van der Waals surface area contributed by atoms with Crippen molar-refractivity contribution in [2.45, 2.75) is 33.1 Å². The predicted octanol–water partition coefficient (Wildman–Crippen LogP) is 4.20. The van der Waals surface area contributed by atoms with Gasteiger partial charge in [0.15, 0.2) is 0 Å². The van der Waals surface area contributed by atoms with Crippen molar-refractivity contribution >= 4 is 5.97 Å². The largest absolute Gasteiger partial charge is 0.461 e. The van der Waals surface area contributed by atoms with Crippen LogP contribution in [-0.4, -0.2) is 17.6 Å². The number of ether oxygens (including phenoxy) is 1. The minimum Gasteiger partial charge on any atom is -0.461 e. The van der Waals surface area contributed by atoms with Gasteiger partial charge < -0.3 is 9.72 Å². The molecule has 0 atom stereocenters. The summed E-state index contributed by atoms with van der Waals surface area (Å²) in [5.41, 5.74) is 3.79. The molecule has 0 aliphatic rings. The number of nitrogens with one attached hydrogen (secondary N) is 1. The van der Waals surface area contributed by atoms with E-state index in [1.54, 1.807) is 6.20 Å². The highest BCUT2D eigenvalue weighted by molar-refractivity contribution is 5.95. The van der Waals surface area contributed by atoms with Gasteiger partial charge in [0.25, 0.3) is 0 Å². The van der Waals surface area contributed by atoms with Gasteiger partial charge in [0.1, 0.15) is 5.69 Å². The molecule has 1 N–H and O–H groups in total. The lowest BCUT2D eigenvalue weighted by Gasteiger charge is -2.06. The molecule has 1 aromatic carbocycles. The maximum Gasteiger partial charge on any atom is 0.355 e. The van der Waals surface area contributed by atoms with Crippen molar-refractivity contribution in [3.05, 3.63) is 47.8 Å². The highest BCUT2D eigenvalue weighted by atomic mass is 16.5. The molecule has 0 bridgehead atoms. The third-order valence-electron chi connectivity index (χ3n) is 3.31. The average Bonchev–Trinajstić information content (AvgIpc) is 2.95. The van der Waals surface area contributed by atoms with Gasteiger partial charge in [0.05, 0.1) is 6.61 Å². The lowest BCUT2D eigenvalue weighted by atomic mass is 10.0. The number of carbonyl (C=O) groups excluding carboxylic acids is 1. The lowest BCUT2D eigenvalue weighted by Crippen LogP contribution is -2.06. The lowest BCUT2D eigenvalue weighted by molar-refractivity contribution is 0.0521. The van der Waals surface area contributed by atoms with Crippen LogP contribution in [0.15, 0.2) is 36.5 Å². The number of hydrogen-bond acceptors (Lipinski definition) is 2. The summed E-state index contributed by atoms with van der Waals surface area (Å²) in [6.07, 6.45) is 5.28. The van der Waals surface area contributed by atoms with Gasteiger partial charge in [-0.2, -0.15) is 0 Å². The fraction of sp³-hybridized carbons (Fsp3) is 0.353. The van der Waals surface area contributed by atoms with E-state index in [0.717, 1.165) is 17.5 Å². The molecule has 1 heterocycles. The Morgan fingerprint density at radius 2 is 1.90 bits per heavy atom. The molecule has 106 valence electrons. The summed E-state index contributed by atoms with van der Waals surface area (Å²) in [5.74, 6) is -0.303. The Kier molecular flexibility index (Phi) is 4.99. The SMILES string of the molecule is CCCCc1ccc(-c2cc[nH]c2C(=O)OCC)cc1. The first-order valence-corrected chi connectivity index (χ1v) is 7.20. The second-order valence-electron chi connectivity index (χ2n) is 4.79. The van der Waals surface area contributed by atoms with E-state index in [1.807, 2.05) is 13.0 Å². The van der Waals surface area contributed by atoms with Gasteiger partial charge in [-0.05, 0) is 37.0 Å². The molecule has 0 saturated carbocycles. The van der Waals surface area contributed by atoms with Crippen LogP contribution in [0.1, 0.15) is 42.7 Å². The molecule has 0 radical (unpaired) electrons. The number of unbranched alkanes of at least 4 members (excludes halogenated alkanes) is 1. The van der Waals surface area contributed by atoms with Gasteiger partial charge in [-0.25, -0.2) is 4.79 Å². The van der Waals surface area contributed by atoms with Crippen molar-refractivity contribution in [1.82, 2.24) is 4.98 Å². The van der Waals surface area contributed by atoms with Crippen molar-refractivity contribution in [2.24, 2.45) is 0 Å². The fourth-order valence-corrected chi connectivity index (χ4v) is 2.21. The molecule has 0 aliphatic carbocycles. The van der Waals surface area contributed by atoms with Gasteiger partial charge in [0, 0.05) is 11.8 Å². The normalized spacial score (nSPS) is 10.5. The molecule has 0 unspecified atom stereocenters. The van der Waals surface area contributed by atoms with Crippen LogP contribution in [-0.2, 0) is 11.2 Å². The minimum atomic E-state index is -0.303. The van der Waals surface area contributed by atoms with E-state index in [2.05, 4.69) is 36.2 Å². The monoisotopic (exact) mass is 271 g/mol. The zero-order chi connectivity index (χ0) is 14.4. The van der Waals surface area contributed by atoms with Crippen LogP contribution in [0.25, 0.3) is 11.1 Å². The number of aryl methyl sites for hydroxylation is 1. The van der Waals surface area contributed by atoms with Crippen LogP contribution in [0.4, 0.5) is 0 Å². The van der Waals surface area contributed by atoms with Crippen molar-refractivity contribution in [1.29, 1.82) is 0 Å². The number of carbonyl (C=O) groups is 1. The van der Waals surface area contributed by atoms with E-state index in [4.69, 9.17) is 4.74 Å². The Hall–Kier alpha value is -2.03. The zero-order valence-corrected chi connectivity index (χ0v) is 12.1. The molecule has 0 saturated heterocycles. The van der Waals surface area contributed by atoms with Crippen LogP contribution >= 0.6 is 0 Å². The Morgan fingerprint density at radius 1 is 1.15 bits per heavy atom. The maximum absolute atomic E-state index is 11.9. The smallest absolute Gasteiger partial charge is 0.355 e. The third kappa shape index (κ3) is 3.29. The Bertz CT molecular complexity index is 555. The van der Waals surface area contributed by atoms with Crippen LogP contribution in [0.2, 0.25) is 0 Å². The summed E-state index contributed by atoms with van der Waals surface area (Å²) in [4.78, 5) is 14.8. The number of esters is 1. The predicted molar refractivity (Wildman–Crippen MR) is 80.8 cm³/mol. The number of hydrogen-bond donors (Lipinski definition) is 1. The van der Waals surface area contributed by atoms with Gasteiger partial charge in [-0.15, -0.1) is 0 Å². The Balaban J connectivity index is 2.19. The van der Waals surface area contributed by atoms with E-state index in [-0.39, 0.29) is 5.97 Å². The molecule has 0 aliphatic heterocycles. The molecular formula is C17H21NO2. The molecule has 3 nitrogen and oxygen atoms in total. The molecule has 1 aromatic heterocycles. The summed E-state index contributed by atoms with van der Waals surface area (Å²) in [6, 6.07) is 10.3. The molecular weight excluding hydrogens is 250 g/mol. The van der Waals surface area contributed by atoms with Crippen molar-refractivity contribution in [3.8, 4) is 11.1 Å². The highest BCUT2D eigenvalue weighted by Crippen LogP contribution is 2.24. The van der Waals surface area contributed by atoms with Crippen molar-refractivity contribution < 1.29 is 9.53 Å². The highest BCUT2D eigenvalue weighted by Gasteiger charge is 2.14.